The average Bonchev–Trinajstić information content (AvgIpc) is 2.89. The summed E-state index contributed by atoms with van der Waals surface area (Å²) in [4.78, 5) is 27.0. The topological polar surface area (TPSA) is 67.9 Å². The highest BCUT2D eigenvalue weighted by Gasteiger charge is 2.41. The van der Waals surface area contributed by atoms with E-state index in [-0.39, 0.29) is 24.0 Å². The second-order valence-electron chi connectivity index (χ2n) is 8.81. The molecule has 0 unspecified atom stereocenters. The maximum absolute atomic E-state index is 12.9. The van der Waals surface area contributed by atoms with Crippen LogP contribution < -0.4 is 5.32 Å². The fourth-order valence-electron chi connectivity index (χ4n) is 4.56. The lowest BCUT2D eigenvalue weighted by atomic mass is 9.98. The van der Waals surface area contributed by atoms with E-state index >= 15 is 0 Å². The van der Waals surface area contributed by atoms with Gasteiger partial charge >= 0.3 is 0 Å². The Morgan fingerprint density at radius 2 is 1.93 bits per heavy atom. The zero-order chi connectivity index (χ0) is 19.3. The van der Waals surface area contributed by atoms with Gasteiger partial charge in [-0.3, -0.25) is 9.59 Å². The van der Waals surface area contributed by atoms with Gasteiger partial charge in [-0.05, 0) is 38.0 Å². The van der Waals surface area contributed by atoms with Gasteiger partial charge in [0.2, 0.25) is 11.8 Å². The first-order chi connectivity index (χ1) is 13.0. The normalized spacial score (nSPS) is 27.0. The predicted molar refractivity (Wildman–Crippen MR) is 103 cm³/mol. The largest absolute Gasteiger partial charge is 0.352 e. The Labute approximate surface area is 163 Å². The number of hydrogen-bond donors (Lipinski definition) is 1. The molecule has 154 valence electrons. The monoisotopic (exact) mass is 380 g/mol. The molecule has 0 aromatic carbocycles. The molecule has 3 fully saturated rings. The number of piperidine rings is 1. The van der Waals surface area contributed by atoms with Crippen molar-refractivity contribution in [3.63, 3.8) is 0 Å². The van der Waals surface area contributed by atoms with E-state index in [9.17, 15) is 9.59 Å². The summed E-state index contributed by atoms with van der Waals surface area (Å²) in [6, 6.07) is -0.369. The van der Waals surface area contributed by atoms with Gasteiger partial charge in [0.1, 0.15) is 12.1 Å². The Balaban J connectivity index is 1.53. The summed E-state index contributed by atoms with van der Waals surface area (Å²) in [5.74, 6) is -0.00781. The van der Waals surface area contributed by atoms with Crippen LogP contribution in [0.2, 0.25) is 0 Å². The van der Waals surface area contributed by atoms with Gasteiger partial charge in [0.25, 0.3) is 0 Å². The Morgan fingerprint density at radius 3 is 2.59 bits per heavy atom. The molecule has 0 bridgehead atoms. The van der Waals surface area contributed by atoms with Gasteiger partial charge in [0.15, 0.2) is 5.79 Å². The van der Waals surface area contributed by atoms with Gasteiger partial charge in [-0.1, -0.05) is 26.7 Å². The number of hydrogen-bond acceptors (Lipinski definition) is 4. The van der Waals surface area contributed by atoms with Crippen LogP contribution in [-0.2, 0) is 19.1 Å². The standard InChI is InChI=1S/C21H36N2O4/c1-16(2)13-18(23-12-8-5-9-19(23)24)20(25)22-14-17-15-26-21(27-17)10-6-3-4-7-11-21/h16-18H,3-15H2,1-2H3,(H,22,25)/t17-,18-/m0/s1. The van der Waals surface area contributed by atoms with Gasteiger partial charge in [-0.25, -0.2) is 0 Å². The highest BCUT2D eigenvalue weighted by molar-refractivity contribution is 5.88. The lowest BCUT2D eigenvalue weighted by Gasteiger charge is -2.35. The Bertz CT molecular complexity index is 514. The van der Waals surface area contributed by atoms with Crippen LogP contribution in [0.5, 0.6) is 0 Å². The van der Waals surface area contributed by atoms with Gasteiger partial charge in [0, 0.05) is 32.4 Å². The number of likely N-dealkylation sites (tertiary alicyclic amines) is 1. The van der Waals surface area contributed by atoms with Gasteiger partial charge in [0.05, 0.1) is 6.61 Å². The minimum absolute atomic E-state index is 0.0515. The van der Waals surface area contributed by atoms with Crippen molar-refractivity contribution in [1.82, 2.24) is 10.2 Å². The van der Waals surface area contributed by atoms with Crippen LogP contribution in [0.4, 0.5) is 0 Å². The third-order valence-electron chi connectivity index (χ3n) is 6.02. The second kappa shape index (κ2) is 9.37. The minimum Gasteiger partial charge on any atom is -0.352 e. The summed E-state index contributed by atoms with van der Waals surface area (Å²) in [5.41, 5.74) is 0. The van der Waals surface area contributed by atoms with Crippen molar-refractivity contribution in [1.29, 1.82) is 0 Å². The molecule has 0 aromatic heterocycles. The van der Waals surface area contributed by atoms with Gasteiger partial charge in [-0.2, -0.15) is 0 Å². The lowest BCUT2D eigenvalue weighted by molar-refractivity contribution is -0.175. The summed E-state index contributed by atoms with van der Waals surface area (Å²) in [7, 11) is 0. The molecule has 1 N–H and O–H groups in total. The maximum Gasteiger partial charge on any atom is 0.242 e. The first-order valence-corrected chi connectivity index (χ1v) is 10.9. The van der Waals surface area contributed by atoms with Crippen LogP contribution in [0.3, 0.4) is 0 Å². The number of nitrogens with one attached hydrogen (secondary N) is 1. The Morgan fingerprint density at radius 1 is 1.19 bits per heavy atom. The van der Waals surface area contributed by atoms with Gasteiger partial charge in [-0.15, -0.1) is 0 Å². The van der Waals surface area contributed by atoms with Crippen LogP contribution >= 0.6 is 0 Å². The van der Waals surface area contributed by atoms with Crippen LogP contribution in [0.25, 0.3) is 0 Å². The molecule has 2 amide bonds. The zero-order valence-corrected chi connectivity index (χ0v) is 17.0. The summed E-state index contributed by atoms with van der Waals surface area (Å²) < 4.78 is 12.3. The van der Waals surface area contributed by atoms with E-state index in [4.69, 9.17) is 9.47 Å². The molecule has 6 heteroatoms. The number of ether oxygens (including phenoxy) is 2. The molecule has 0 radical (unpaired) electrons. The molecular formula is C21H36N2O4. The van der Waals surface area contributed by atoms with Crippen molar-refractivity contribution in [3.05, 3.63) is 0 Å². The van der Waals surface area contributed by atoms with E-state index in [1.807, 2.05) is 0 Å². The predicted octanol–water partition coefficient (Wildman–Crippen LogP) is 3.00. The Kier molecular flexibility index (Phi) is 7.15. The van der Waals surface area contributed by atoms with Crippen molar-refractivity contribution in [3.8, 4) is 0 Å². The fourth-order valence-corrected chi connectivity index (χ4v) is 4.56. The molecule has 6 nitrogen and oxygen atoms in total. The van der Waals surface area contributed by atoms with E-state index in [0.717, 1.165) is 38.5 Å². The molecule has 2 saturated heterocycles. The molecule has 2 aliphatic heterocycles. The molecular weight excluding hydrogens is 344 g/mol. The number of rotatable bonds is 6. The number of amides is 2. The second-order valence-corrected chi connectivity index (χ2v) is 8.81. The first kappa shape index (κ1) is 20.6. The molecule has 1 saturated carbocycles. The molecule has 3 rings (SSSR count). The van der Waals surface area contributed by atoms with E-state index in [0.29, 0.717) is 38.5 Å². The van der Waals surface area contributed by atoms with Crippen molar-refractivity contribution < 1.29 is 19.1 Å². The summed E-state index contributed by atoms with van der Waals surface area (Å²) >= 11 is 0. The van der Waals surface area contributed by atoms with Crippen LogP contribution in [0, 0.1) is 5.92 Å². The molecule has 3 aliphatic rings. The van der Waals surface area contributed by atoms with Crippen molar-refractivity contribution >= 4 is 11.8 Å². The first-order valence-electron chi connectivity index (χ1n) is 10.9. The zero-order valence-electron chi connectivity index (χ0n) is 17.0. The van der Waals surface area contributed by atoms with Crippen molar-refractivity contribution in [2.75, 3.05) is 19.7 Å². The molecule has 0 aromatic rings. The summed E-state index contributed by atoms with van der Waals surface area (Å²) in [6.07, 6.45) is 9.77. The molecule has 2 atom stereocenters. The van der Waals surface area contributed by atoms with Crippen LogP contribution in [0.1, 0.15) is 78.1 Å². The Hall–Kier alpha value is -1.14. The molecule has 2 heterocycles. The SMILES string of the molecule is CC(C)C[C@@H](C(=O)NC[C@H]1COC2(CCCCCC2)O1)N1CCCCC1=O. The fraction of sp³-hybridized carbons (Fsp3) is 0.905. The lowest BCUT2D eigenvalue weighted by Crippen LogP contribution is -2.53. The molecule has 1 aliphatic carbocycles. The third-order valence-corrected chi connectivity index (χ3v) is 6.02. The molecule has 1 spiro atoms. The highest BCUT2D eigenvalue weighted by Crippen LogP contribution is 2.36. The van der Waals surface area contributed by atoms with E-state index in [2.05, 4.69) is 19.2 Å². The third kappa shape index (κ3) is 5.44. The van der Waals surface area contributed by atoms with E-state index in [1.54, 1.807) is 4.90 Å². The van der Waals surface area contributed by atoms with Crippen molar-refractivity contribution in [2.45, 2.75) is 96.0 Å². The van der Waals surface area contributed by atoms with Crippen molar-refractivity contribution in [2.24, 2.45) is 5.92 Å². The quantitative estimate of drug-likeness (QED) is 0.769. The summed E-state index contributed by atoms with van der Waals surface area (Å²) in [6.45, 7) is 5.88. The van der Waals surface area contributed by atoms with E-state index < -0.39 is 5.79 Å². The number of carbonyl (C=O) groups excluding carboxylic acids is 2. The number of carbonyl (C=O) groups is 2. The van der Waals surface area contributed by atoms with Gasteiger partial charge < -0.3 is 19.7 Å². The maximum atomic E-state index is 12.9. The van der Waals surface area contributed by atoms with Crippen LogP contribution in [0.15, 0.2) is 0 Å². The van der Waals surface area contributed by atoms with E-state index in [1.165, 1.54) is 12.8 Å². The van der Waals surface area contributed by atoms with Crippen LogP contribution in [-0.4, -0.2) is 54.3 Å². The number of nitrogens with zero attached hydrogens (tertiary/aromatic N) is 1. The highest BCUT2D eigenvalue weighted by atomic mass is 16.7. The molecule has 27 heavy (non-hydrogen) atoms. The minimum atomic E-state index is -0.425. The smallest absolute Gasteiger partial charge is 0.242 e. The average molecular weight is 381 g/mol. The summed E-state index contributed by atoms with van der Waals surface area (Å²) in [5, 5.41) is 3.05.